The van der Waals surface area contributed by atoms with Crippen molar-refractivity contribution in [3.8, 4) is 11.3 Å². The molecule has 0 bridgehead atoms. The van der Waals surface area contributed by atoms with Crippen LogP contribution in [0.15, 0.2) is 48.7 Å². The molecule has 0 aliphatic heterocycles. The number of amides is 1. The van der Waals surface area contributed by atoms with Gasteiger partial charge in [-0.25, -0.2) is 9.97 Å². The number of nitrogens with two attached hydrogens (primary N) is 1. The van der Waals surface area contributed by atoms with Gasteiger partial charge in [-0.3, -0.25) is 4.79 Å². The van der Waals surface area contributed by atoms with Gasteiger partial charge in [0, 0.05) is 5.56 Å². The van der Waals surface area contributed by atoms with Gasteiger partial charge < -0.3 is 11.1 Å². The minimum atomic E-state index is -0.518. The summed E-state index contributed by atoms with van der Waals surface area (Å²) in [6.45, 7) is 1.75. The lowest BCUT2D eigenvalue weighted by Crippen LogP contribution is -2.30. The molecule has 1 amide bonds. The lowest BCUT2D eigenvalue weighted by Gasteiger charge is -2.13. The summed E-state index contributed by atoms with van der Waals surface area (Å²) in [5.41, 5.74) is 7.81. The van der Waals surface area contributed by atoms with E-state index in [1.54, 1.807) is 19.1 Å². The summed E-state index contributed by atoms with van der Waals surface area (Å²) < 4.78 is 1.47. The molecule has 0 aliphatic rings. The summed E-state index contributed by atoms with van der Waals surface area (Å²) in [5, 5.41) is 15.4. The van der Waals surface area contributed by atoms with E-state index in [1.165, 1.54) is 10.7 Å². The third-order valence-corrected chi connectivity index (χ3v) is 4.28. The Hall–Kier alpha value is -3.59. The Morgan fingerprint density at radius 3 is 2.75 bits per heavy atom. The monoisotopic (exact) mass is 394 g/mol. The van der Waals surface area contributed by atoms with Gasteiger partial charge in [0.25, 0.3) is 5.91 Å². The number of fused-ring (bicyclic) bond motifs is 1. The molecule has 0 saturated carbocycles. The molecule has 1 atom stereocenters. The first-order chi connectivity index (χ1) is 13.5. The summed E-state index contributed by atoms with van der Waals surface area (Å²) in [4.78, 5) is 21.2. The second kappa shape index (κ2) is 7.20. The van der Waals surface area contributed by atoms with Crippen LogP contribution >= 0.6 is 11.6 Å². The van der Waals surface area contributed by atoms with E-state index in [-0.39, 0.29) is 16.7 Å². The molecule has 0 aliphatic carbocycles. The average Bonchev–Trinajstić information content (AvgIpc) is 3.12. The van der Waals surface area contributed by atoms with Gasteiger partial charge in [-0.2, -0.15) is 9.61 Å². The van der Waals surface area contributed by atoms with E-state index in [9.17, 15) is 4.79 Å². The Bertz CT molecular complexity index is 1160. The number of aromatic nitrogens is 6. The number of anilines is 1. The maximum atomic E-state index is 12.8. The molecule has 3 N–H and O–H groups in total. The highest BCUT2D eigenvalue weighted by Crippen LogP contribution is 2.19. The third kappa shape index (κ3) is 3.35. The highest BCUT2D eigenvalue weighted by atomic mass is 35.5. The highest BCUT2D eigenvalue weighted by molar-refractivity contribution is 6.29. The lowest BCUT2D eigenvalue weighted by atomic mass is 10.1. The number of halogens is 1. The van der Waals surface area contributed by atoms with Crippen LogP contribution in [-0.2, 0) is 0 Å². The number of hydrogen-bond acceptors (Lipinski definition) is 7. The van der Waals surface area contributed by atoms with Crippen molar-refractivity contribution in [3.63, 3.8) is 0 Å². The number of nitrogens with zero attached hydrogens (tertiary/aromatic N) is 6. The molecule has 140 valence electrons. The number of carbonyl (C=O) groups excluding carboxylic acids is 1. The molecule has 28 heavy (non-hydrogen) atoms. The van der Waals surface area contributed by atoms with Crippen molar-refractivity contribution in [2.45, 2.75) is 13.0 Å². The zero-order valence-corrected chi connectivity index (χ0v) is 15.5. The van der Waals surface area contributed by atoms with Crippen molar-refractivity contribution in [1.82, 2.24) is 35.1 Å². The van der Waals surface area contributed by atoms with Gasteiger partial charge in [0.05, 0.1) is 17.9 Å². The van der Waals surface area contributed by atoms with E-state index >= 15 is 0 Å². The Balaban J connectivity index is 1.62. The fourth-order valence-corrected chi connectivity index (χ4v) is 2.83. The molecule has 0 spiro atoms. The minimum absolute atomic E-state index is 0.0352. The van der Waals surface area contributed by atoms with Crippen molar-refractivity contribution in [1.29, 1.82) is 0 Å². The van der Waals surface area contributed by atoms with Crippen molar-refractivity contribution in [3.05, 3.63) is 65.3 Å². The number of rotatable bonds is 4. The Morgan fingerprint density at radius 1 is 1.18 bits per heavy atom. The molecule has 9 nitrogen and oxygen atoms in total. The van der Waals surface area contributed by atoms with Crippen LogP contribution < -0.4 is 11.1 Å². The van der Waals surface area contributed by atoms with E-state index < -0.39 is 11.9 Å². The Kier molecular flexibility index (Phi) is 4.58. The van der Waals surface area contributed by atoms with Crippen LogP contribution in [0, 0.1) is 0 Å². The van der Waals surface area contributed by atoms with E-state index in [2.05, 4.69) is 30.6 Å². The highest BCUT2D eigenvalue weighted by Gasteiger charge is 2.21. The van der Waals surface area contributed by atoms with Gasteiger partial charge in [0.1, 0.15) is 5.15 Å². The minimum Gasteiger partial charge on any atom is -0.382 e. The first kappa shape index (κ1) is 17.8. The van der Waals surface area contributed by atoms with Gasteiger partial charge in [-0.15, -0.1) is 10.2 Å². The maximum absolute atomic E-state index is 12.8. The summed E-state index contributed by atoms with van der Waals surface area (Å²) in [7, 11) is 0. The predicted octanol–water partition coefficient (Wildman–Crippen LogP) is 2.31. The zero-order chi connectivity index (χ0) is 19.7. The van der Waals surface area contributed by atoms with E-state index in [4.69, 9.17) is 17.3 Å². The van der Waals surface area contributed by atoms with Gasteiger partial charge in [-0.05, 0) is 19.1 Å². The smallest absolute Gasteiger partial charge is 0.274 e. The maximum Gasteiger partial charge on any atom is 0.274 e. The van der Waals surface area contributed by atoms with Gasteiger partial charge in [0.2, 0.25) is 0 Å². The van der Waals surface area contributed by atoms with E-state index in [1.807, 2.05) is 30.3 Å². The molecule has 4 rings (SSSR count). The second-order valence-corrected chi connectivity index (χ2v) is 6.42. The van der Waals surface area contributed by atoms with Crippen molar-refractivity contribution >= 4 is 29.0 Å². The Labute approximate surface area is 164 Å². The third-order valence-electron chi connectivity index (χ3n) is 4.07. The average molecular weight is 395 g/mol. The van der Waals surface area contributed by atoms with Crippen LogP contribution in [0.4, 0.5) is 5.82 Å². The molecular formula is C18H15ClN8O. The molecule has 1 aromatic carbocycles. The topological polar surface area (TPSA) is 124 Å². The number of nitrogens with one attached hydrogen (secondary N) is 1. The molecule has 10 heteroatoms. The van der Waals surface area contributed by atoms with Gasteiger partial charge in [0.15, 0.2) is 23.0 Å². The van der Waals surface area contributed by atoms with Crippen molar-refractivity contribution in [2.24, 2.45) is 0 Å². The SMILES string of the molecule is C[C@@H](NC(=O)c1nc(-c2ccccc2)cnc1N)c1nnc2ccc(Cl)nn12. The number of hydrogen-bond donors (Lipinski definition) is 2. The largest absolute Gasteiger partial charge is 0.382 e. The molecule has 3 aromatic heterocycles. The molecule has 0 radical (unpaired) electrons. The predicted molar refractivity (Wildman–Crippen MR) is 104 cm³/mol. The van der Waals surface area contributed by atoms with Crippen LogP contribution in [-0.4, -0.2) is 35.7 Å². The summed E-state index contributed by atoms with van der Waals surface area (Å²) in [5.74, 6) is -0.0118. The lowest BCUT2D eigenvalue weighted by molar-refractivity contribution is 0.0933. The van der Waals surface area contributed by atoms with E-state index in [0.717, 1.165) is 5.56 Å². The fourth-order valence-electron chi connectivity index (χ4n) is 2.70. The molecule has 0 fully saturated rings. The summed E-state index contributed by atoms with van der Waals surface area (Å²) in [6, 6.07) is 12.2. The molecule has 3 heterocycles. The number of carbonyl (C=O) groups is 1. The first-order valence-electron chi connectivity index (χ1n) is 8.39. The first-order valence-corrected chi connectivity index (χ1v) is 8.77. The molecule has 0 unspecified atom stereocenters. The molecular weight excluding hydrogens is 380 g/mol. The fraction of sp³-hybridized carbons (Fsp3) is 0.111. The van der Waals surface area contributed by atoms with Crippen LogP contribution in [0.2, 0.25) is 5.15 Å². The summed E-state index contributed by atoms with van der Waals surface area (Å²) >= 11 is 5.94. The quantitative estimate of drug-likeness (QED) is 0.544. The van der Waals surface area contributed by atoms with Crippen molar-refractivity contribution < 1.29 is 4.79 Å². The van der Waals surface area contributed by atoms with Gasteiger partial charge >= 0.3 is 0 Å². The van der Waals surface area contributed by atoms with Crippen molar-refractivity contribution in [2.75, 3.05) is 5.73 Å². The van der Waals surface area contributed by atoms with Crippen LogP contribution in [0.3, 0.4) is 0 Å². The van der Waals surface area contributed by atoms with Crippen LogP contribution in [0.1, 0.15) is 29.3 Å². The summed E-state index contributed by atoms with van der Waals surface area (Å²) in [6.07, 6.45) is 1.53. The van der Waals surface area contributed by atoms with Crippen LogP contribution in [0.5, 0.6) is 0 Å². The zero-order valence-electron chi connectivity index (χ0n) is 14.7. The van der Waals surface area contributed by atoms with Gasteiger partial charge in [-0.1, -0.05) is 41.9 Å². The standard InChI is InChI=1S/C18H15ClN8O/c1-10(17-25-24-14-8-7-13(19)26-27(14)17)22-18(28)15-16(20)21-9-12(23-15)11-5-3-2-4-6-11/h2-10H,1H3,(H2,20,21)(H,22,28)/t10-/m1/s1. The number of nitrogen functional groups attached to an aromatic ring is 1. The molecule has 4 aromatic rings. The van der Waals surface area contributed by atoms with Crippen LogP contribution in [0.25, 0.3) is 16.9 Å². The number of benzene rings is 1. The normalized spacial score (nSPS) is 12.1. The molecule has 0 saturated heterocycles. The van der Waals surface area contributed by atoms with E-state index in [0.29, 0.717) is 17.2 Å². The second-order valence-electron chi connectivity index (χ2n) is 6.03. The Morgan fingerprint density at radius 2 is 1.96 bits per heavy atom.